The summed E-state index contributed by atoms with van der Waals surface area (Å²) in [6, 6.07) is 0.771. The molecule has 2 aliphatic rings. The van der Waals surface area contributed by atoms with Gasteiger partial charge in [-0.1, -0.05) is 13.8 Å². The van der Waals surface area contributed by atoms with Crippen LogP contribution in [0.3, 0.4) is 0 Å². The Kier molecular flexibility index (Phi) is 3.95. The van der Waals surface area contributed by atoms with Crippen molar-refractivity contribution in [3.05, 3.63) is 0 Å². The summed E-state index contributed by atoms with van der Waals surface area (Å²) in [4.78, 5) is 15.9. The van der Waals surface area contributed by atoms with Gasteiger partial charge in [-0.2, -0.15) is 0 Å². The number of rotatable bonds is 3. The third kappa shape index (κ3) is 2.93. The predicted molar refractivity (Wildman–Crippen MR) is 69.9 cm³/mol. The molecule has 0 aromatic carbocycles. The highest BCUT2D eigenvalue weighted by Crippen LogP contribution is 2.32. The Labute approximate surface area is 105 Å². The number of nitrogens with zero attached hydrogens (tertiary/aromatic N) is 2. The van der Waals surface area contributed by atoms with Crippen LogP contribution in [0.15, 0.2) is 0 Å². The number of hydrogen-bond acceptors (Lipinski definition) is 1. The topological polar surface area (TPSA) is 23.6 Å². The molecule has 0 bridgehead atoms. The zero-order valence-electron chi connectivity index (χ0n) is 11.5. The SMILES string of the molecule is CC(C)CC1CCC(N2CCN(C)C2=O)CC1. The van der Waals surface area contributed by atoms with Crippen molar-refractivity contribution in [3.8, 4) is 0 Å². The highest BCUT2D eigenvalue weighted by Gasteiger charge is 2.33. The van der Waals surface area contributed by atoms with Gasteiger partial charge < -0.3 is 9.80 Å². The van der Waals surface area contributed by atoms with Gasteiger partial charge in [-0.15, -0.1) is 0 Å². The van der Waals surface area contributed by atoms with E-state index in [9.17, 15) is 4.79 Å². The first-order chi connectivity index (χ1) is 8.08. The lowest BCUT2D eigenvalue weighted by molar-refractivity contribution is 0.151. The van der Waals surface area contributed by atoms with Crippen LogP contribution in [-0.2, 0) is 0 Å². The van der Waals surface area contributed by atoms with Crippen LogP contribution in [0.1, 0.15) is 46.0 Å². The average Bonchev–Trinajstić information content (AvgIpc) is 2.60. The standard InChI is InChI=1S/C14H26N2O/c1-11(2)10-12-4-6-13(7-5-12)16-9-8-15(3)14(16)17/h11-13H,4-10H2,1-3H3. The summed E-state index contributed by atoms with van der Waals surface area (Å²) in [5.41, 5.74) is 0. The fourth-order valence-electron chi connectivity index (χ4n) is 3.37. The van der Waals surface area contributed by atoms with Gasteiger partial charge in [0.1, 0.15) is 0 Å². The van der Waals surface area contributed by atoms with Gasteiger partial charge in [0.05, 0.1) is 0 Å². The van der Waals surface area contributed by atoms with Crippen LogP contribution in [-0.4, -0.2) is 42.0 Å². The third-order valence-corrected chi connectivity index (χ3v) is 4.31. The van der Waals surface area contributed by atoms with Crippen LogP contribution in [0.4, 0.5) is 4.79 Å². The number of hydrogen-bond donors (Lipinski definition) is 0. The maximum absolute atomic E-state index is 11.9. The van der Waals surface area contributed by atoms with Crippen molar-refractivity contribution in [1.29, 1.82) is 0 Å². The maximum atomic E-state index is 11.9. The molecule has 1 saturated carbocycles. The molecule has 2 amide bonds. The van der Waals surface area contributed by atoms with Crippen molar-refractivity contribution >= 4 is 6.03 Å². The highest BCUT2D eigenvalue weighted by atomic mass is 16.2. The summed E-state index contributed by atoms with van der Waals surface area (Å²) in [7, 11) is 1.91. The van der Waals surface area contributed by atoms with Crippen LogP contribution in [0.2, 0.25) is 0 Å². The quantitative estimate of drug-likeness (QED) is 0.741. The van der Waals surface area contributed by atoms with Crippen LogP contribution in [0.25, 0.3) is 0 Å². The highest BCUT2D eigenvalue weighted by molar-refractivity contribution is 5.76. The fourth-order valence-corrected chi connectivity index (χ4v) is 3.37. The van der Waals surface area contributed by atoms with Crippen molar-refractivity contribution in [2.45, 2.75) is 52.0 Å². The summed E-state index contributed by atoms with van der Waals surface area (Å²) >= 11 is 0. The van der Waals surface area contributed by atoms with Gasteiger partial charge in [-0.25, -0.2) is 4.79 Å². The van der Waals surface area contributed by atoms with E-state index in [-0.39, 0.29) is 6.03 Å². The number of urea groups is 1. The second-order valence-corrected chi connectivity index (χ2v) is 6.20. The van der Waals surface area contributed by atoms with Crippen LogP contribution in [0.5, 0.6) is 0 Å². The zero-order chi connectivity index (χ0) is 12.4. The molecule has 0 unspecified atom stereocenters. The molecule has 17 heavy (non-hydrogen) atoms. The minimum atomic E-state index is 0.248. The largest absolute Gasteiger partial charge is 0.326 e. The Morgan fingerprint density at radius 1 is 1.18 bits per heavy atom. The van der Waals surface area contributed by atoms with E-state index >= 15 is 0 Å². The molecule has 0 radical (unpaired) electrons. The molecule has 1 aliphatic heterocycles. The number of amides is 2. The Morgan fingerprint density at radius 3 is 2.29 bits per heavy atom. The molecule has 1 saturated heterocycles. The molecule has 1 heterocycles. The Hall–Kier alpha value is -0.730. The Bertz CT molecular complexity index is 269. The molecule has 98 valence electrons. The van der Waals surface area contributed by atoms with Crippen molar-refractivity contribution in [2.24, 2.45) is 11.8 Å². The van der Waals surface area contributed by atoms with Crippen LogP contribution >= 0.6 is 0 Å². The lowest BCUT2D eigenvalue weighted by Gasteiger charge is -2.34. The molecule has 0 spiro atoms. The lowest BCUT2D eigenvalue weighted by atomic mass is 9.81. The average molecular weight is 238 g/mol. The van der Waals surface area contributed by atoms with Crippen molar-refractivity contribution in [1.82, 2.24) is 9.80 Å². The van der Waals surface area contributed by atoms with Gasteiger partial charge in [-0.3, -0.25) is 0 Å². The molecule has 0 aromatic heterocycles. The van der Waals surface area contributed by atoms with Crippen LogP contribution in [0, 0.1) is 11.8 Å². The molecule has 0 aromatic rings. The second-order valence-electron chi connectivity index (χ2n) is 6.20. The smallest absolute Gasteiger partial charge is 0.320 e. The van der Waals surface area contributed by atoms with E-state index in [1.165, 1.54) is 32.1 Å². The normalized spacial score (nSPS) is 30.5. The summed E-state index contributed by atoms with van der Waals surface area (Å²) in [5.74, 6) is 1.72. The van der Waals surface area contributed by atoms with Gasteiger partial charge in [0.15, 0.2) is 0 Å². The van der Waals surface area contributed by atoms with E-state index in [1.807, 2.05) is 11.9 Å². The summed E-state index contributed by atoms with van der Waals surface area (Å²) in [5, 5.41) is 0. The van der Waals surface area contributed by atoms with E-state index < -0.39 is 0 Å². The first-order valence-corrected chi connectivity index (χ1v) is 7.09. The Balaban J connectivity index is 1.81. The van der Waals surface area contributed by atoms with Gasteiger partial charge in [0.2, 0.25) is 0 Å². The van der Waals surface area contributed by atoms with Crippen LogP contribution < -0.4 is 0 Å². The van der Waals surface area contributed by atoms with Gasteiger partial charge >= 0.3 is 6.03 Å². The Morgan fingerprint density at radius 2 is 1.82 bits per heavy atom. The molecule has 2 fully saturated rings. The minimum absolute atomic E-state index is 0.248. The predicted octanol–water partition coefficient (Wildman–Crippen LogP) is 2.96. The van der Waals surface area contributed by atoms with Crippen molar-refractivity contribution < 1.29 is 4.79 Å². The molecular formula is C14H26N2O. The van der Waals surface area contributed by atoms with E-state index in [0.29, 0.717) is 6.04 Å². The zero-order valence-corrected chi connectivity index (χ0v) is 11.5. The van der Waals surface area contributed by atoms with E-state index in [2.05, 4.69) is 18.7 Å². The second kappa shape index (κ2) is 5.28. The number of likely N-dealkylation sites (N-methyl/N-ethyl adjacent to an activating group) is 1. The van der Waals surface area contributed by atoms with Crippen molar-refractivity contribution in [3.63, 3.8) is 0 Å². The molecular weight excluding hydrogens is 212 g/mol. The molecule has 1 aliphatic carbocycles. The number of carbonyl (C=O) groups excluding carboxylic acids is 1. The minimum Gasteiger partial charge on any atom is -0.326 e. The number of carbonyl (C=O) groups is 1. The first kappa shape index (κ1) is 12.7. The van der Waals surface area contributed by atoms with Crippen molar-refractivity contribution in [2.75, 3.05) is 20.1 Å². The monoisotopic (exact) mass is 238 g/mol. The molecule has 2 rings (SSSR count). The molecule has 3 heteroatoms. The molecule has 3 nitrogen and oxygen atoms in total. The lowest BCUT2D eigenvalue weighted by Crippen LogP contribution is -2.40. The van der Waals surface area contributed by atoms with Gasteiger partial charge in [0, 0.05) is 26.2 Å². The van der Waals surface area contributed by atoms with Gasteiger partial charge in [-0.05, 0) is 43.9 Å². The summed E-state index contributed by atoms with van der Waals surface area (Å²) < 4.78 is 0. The van der Waals surface area contributed by atoms with E-state index in [4.69, 9.17) is 0 Å². The fraction of sp³-hybridized carbons (Fsp3) is 0.929. The van der Waals surface area contributed by atoms with E-state index in [1.54, 1.807) is 0 Å². The summed E-state index contributed by atoms with van der Waals surface area (Å²) in [6.07, 6.45) is 6.43. The summed E-state index contributed by atoms with van der Waals surface area (Å²) in [6.45, 7) is 6.47. The molecule has 0 N–H and O–H groups in total. The first-order valence-electron chi connectivity index (χ1n) is 7.09. The van der Waals surface area contributed by atoms with Gasteiger partial charge in [0.25, 0.3) is 0 Å². The molecule has 0 atom stereocenters. The maximum Gasteiger partial charge on any atom is 0.320 e. The third-order valence-electron chi connectivity index (χ3n) is 4.31. The van der Waals surface area contributed by atoms with E-state index in [0.717, 1.165) is 24.9 Å².